The van der Waals surface area contributed by atoms with Crippen molar-refractivity contribution in [3.05, 3.63) is 113 Å². The third kappa shape index (κ3) is 12.9. The van der Waals surface area contributed by atoms with E-state index in [9.17, 15) is 111 Å². The van der Waals surface area contributed by atoms with Crippen LogP contribution < -0.4 is 5.73 Å². The summed E-state index contributed by atoms with van der Waals surface area (Å²) in [6.07, 6.45) is 0. The Bertz CT molecular complexity index is 5220. The number of hydrogen-bond donors (Lipinski definition) is 10. The first kappa shape index (κ1) is 62.7. The Morgan fingerprint density at radius 1 is 0.459 bits per heavy atom. The largest absolute Gasteiger partial charge is 0.505 e. The first-order chi connectivity index (χ1) is 39.1. The summed E-state index contributed by atoms with van der Waals surface area (Å²) >= 11 is 0.782. The number of phenols is 2. The molecule has 0 amide bonds. The van der Waals surface area contributed by atoms with E-state index in [2.05, 4.69) is 34.9 Å². The predicted octanol–water partition coefficient (Wildman–Crippen LogP) is 8.28. The van der Waals surface area contributed by atoms with Crippen LogP contribution in [0.1, 0.15) is 5.56 Å². The molecule has 0 aliphatic heterocycles. The Kier molecular flexibility index (Phi) is 16.2. The van der Waals surface area contributed by atoms with E-state index in [1.807, 2.05) is 0 Å². The van der Waals surface area contributed by atoms with Gasteiger partial charge in [-0.15, -0.1) is 30.7 Å². The molecule has 0 spiro atoms. The summed E-state index contributed by atoms with van der Waals surface area (Å²) in [5.74, 6) is -3.28. The monoisotopic (exact) mass is 1330 g/mol. The lowest BCUT2D eigenvalue weighted by atomic mass is 10.0. The number of rotatable bonds is 17. The van der Waals surface area contributed by atoms with Gasteiger partial charge in [0.15, 0.2) is 11.5 Å². The molecule has 0 aromatic heterocycles. The van der Waals surface area contributed by atoms with Crippen LogP contribution >= 0.6 is 12.0 Å². The zero-order valence-electron chi connectivity index (χ0n) is 41.2. The number of hydrogen-bond acceptors (Lipinski definition) is 26. The summed E-state index contributed by atoms with van der Waals surface area (Å²) in [7, 11) is -39.1. The molecule has 0 aliphatic rings. The summed E-state index contributed by atoms with van der Waals surface area (Å²) < 4.78 is 254. The zero-order chi connectivity index (χ0) is 63.1. The van der Waals surface area contributed by atoms with Crippen molar-refractivity contribution in [1.29, 1.82) is 0 Å². The normalized spacial score (nSPS) is 13.3. The van der Waals surface area contributed by atoms with Crippen LogP contribution in [0, 0.1) is 17.0 Å². The first-order valence-electron chi connectivity index (χ1n) is 21.9. The molecule has 0 saturated heterocycles. The van der Waals surface area contributed by atoms with E-state index < -0.39 is 194 Å². The van der Waals surface area contributed by atoms with Gasteiger partial charge in [0.25, 0.3) is 94.3 Å². The van der Waals surface area contributed by atoms with Crippen LogP contribution in [0.4, 0.5) is 45.5 Å². The second kappa shape index (κ2) is 21.9. The number of benzene rings is 8. The van der Waals surface area contributed by atoms with Crippen molar-refractivity contribution >= 4 is 161 Å². The standard InChI is InChI=1S/C43H30N8O26S8/c1-18-2-5-20(6-3-18)78-77-31-14-21(79(56,57)58)13-24-22(31)7-10-29(42(24)84(71,72)73)47-49-38-34(82(65,66)67)15-25-23(40(38)52)8-11-28(43(25)85(74,75)76)46-48-30-17-32(80(59,60)61)26-16-35(83(68,69)70)39(41(53)36(26)37(30)44)50-45-27-9-4-19(51(54)55)12-33(27)81(62,63)64/h2-17,52-53H,44H2,1H3,(H,56,57,58)(H,59,60,61)(H,62,63,64)(H,65,66,67)(H,68,69,70)(H,71,72,73)(H,74,75,76)/p+1. The van der Waals surface area contributed by atoms with E-state index in [-0.39, 0.29) is 23.3 Å². The van der Waals surface area contributed by atoms with E-state index in [4.69, 9.17) is 5.73 Å². The summed E-state index contributed by atoms with van der Waals surface area (Å²) in [6, 6.07) is 13.8. The highest BCUT2D eigenvalue weighted by molar-refractivity contribution is 7.94. The number of nitro groups is 1. The maximum absolute atomic E-state index is 13.2. The van der Waals surface area contributed by atoms with Gasteiger partial charge in [-0.05, 0) is 73.7 Å². The van der Waals surface area contributed by atoms with Crippen LogP contribution in [-0.2, 0) is 70.8 Å². The van der Waals surface area contributed by atoms with Crippen molar-refractivity contribution in [3.8, 4) is 17.2 Å². The minimum absolute atomic E-state index is 0.192. The van der Waals surface area contributed by atoms with Crippen LogP contribution in [0.25, 0.3) is 32.3 Å². The molecule has 8 aromatic carbocycles. The van der Waals surface area contributed by atoms with E-state index in [0.717, 1.165) is 41.9 Å². The Balaban J connectivity index is 1.30. The number of fused-ring (bicyclic) bond motifs is 3. The molecule has 8 aromatic rings. The molecule has 12 N–H and O–H groups in total. The number of nitrogen functional groups attached to an aromatic ring is 1. The topological polar surface area (TPSA) is 577 Å². The highest BCUT2D eigenvalue weighted by Crippen LogP contribution is 2.51. The van der Waals surface area contributed by atoms with Crippen molar-refractivity contribution in [2.24, 2.45) is 30.7 Å². The minimum atomic E-state index is -5.81. The quantitative estimate of drug-likeness (QED) is 0.00779. The minimum Gasteiger partial charge on any atom is -0.505 e. The molecule has 446 valence electrons. The number of phenolic OH excluding ortho intramolecular Hbond substituents is 2. The average molecular weight is 1330 g/mol. The van der Waals surface area contributed by atoms with Gasteiger partial charge in [0.1, 0.15) is 73.3 Å². The van der Waals surface area contributed by atoms with Crippen LogP contribution in [0.2, 0.25) is 0 Å². The number of aryl methyl sites for hydroxylation is 1. The van der Waals surface area contributed by atoms with Crippen molar-refractivity contribution in [1.82, 2.24) is 0 Å². The lowest BCUT2D eigenvalue weighted by Crippen LogP contribution is -2.04. The van der Waals surface area contributed by atoms with Crippen LogP contribution in [0.5, 0.6) is 17.2 Å². The van der Waals surface area contributed by atoms with Gasteiger partial charge >= 0.3 is 0 Å². The third-order valence-electron chi connectivity index (χ3n) is 11.6. The summed E-state index contributed by atoms with van der Waals surface area (Å²) in [6.45, 7) is 1.79. The maximum Gasteiger partial charge on any atom is 0.297 e. The second-order valence-electron chi connectivity index (χ2n) is 17.2. The predicted molar refractivity (Wildman–Crippen MR) is 293 cm³/mol. The Morgan fingerprint density at radius 2 is 0.918 bits per heavy atom. The van der Waals surface area contributed by atoms with E-state index in [1.165, 1.54) is 0 Å². The summed E-state index contributed by atoms with van der Waals surface area (Å²) in [4.78, 5) is 1.19. The molecule has 0 fully saturated rings. The molecule has 42 heteroatoms. The number of non-ortho nitro benzene ring substituents is 1. The van der Waals surface area contributed by atoms with Gasteiger partial charge in [0.2, 0.25) is 0 Å². The molecular weight excluding hydrogens is 1300 g/mol. The fourth-order valence-electron chi connectivity index (χ4n) is 7.97. The smallest absolute Gasteiger partial charge is 0.297 e. The van der Waals surface area contributed by atoms with E-state index in [0.29, 0.717) is 41.3 Å². The first-order valence-corrected chi connectivity index (χ1v) is 32.8. The van der Waals surface area contributed by atoms with E-state index in [1.54, 1.807) is 31.2 Å². The van der Waals surface area contributed by atoms with Gasteiger partial charge < -0.3 is 20.1 Å². The number of nitrogens with zero attached hydrogens (tertiary/aromatic N) is 7. The second-order valence-corrected chi connectivity index (χ2v) is 27.7. The molecule has 0 bridgehead atoms. The molecule has 8 rings (SSSR count). The zero-order valence-corrected chi connectivity index (χ0v) is 47.7. The molecule has 0 saturated carbocycles. The van der Waals surface area contributed by atoms with Gasteiger partial charge in [-0.25, -0.2) is 0 Å². The Morgan fingerprint density at radius 3 is 1.42 bits per heavy atom. The molecule has 34 nitrogen and oxygen atoms in total. The lowest BCUT2D eigenvalue weighted by molar-refractivity contribution is -0.385. The number of aromatic hydroxyl groups is 3. The molecule has 0 radical (unpaired) electrons. The number of azo groups is 3. The van der Waals surface area contributed by atoms with Crippen LogP contribution in [0.3, 0.4) is 0 Å². The highest BCUT2D eigenvalue weighted by Gasteiger charge is 2.33. The lowest BCUT2D eigenvalue weighted by Gasteiger charge is -2.15. The molecule has 0 heterocycles. The van der Waals surface area contributed by atoms with Gasteiger partial charge in [-0.1, -0.05) is 17.7 Å². The summed E-state index contributed by atoms with van der Waals surface area (Å²) in [5.41, 5.74) is -1.59. The van der Waals surface area contributed by atoms with E-state index >= 15 is 0 Å². The van der Waals surface area contributed by atoms with Gasteiger partial charge in [0.05, 0.1) is 27.4 Å². The SMILES string of the molecule is Cc1ccc(S[OH+]c2cc(S(=O)(=O)O)cc3c(S(=O)(=O)O)c(N=Nc4c(S(=O)(=O)O)cc5c(S(=O)(=O)O)c(N=Nc6cc(S(=O)(=O)O)c7cc(S(=O)(=O)O)c(N=Nc8ccc([N+](=O)[O-])cc8S(=O)(=O)O)c(O)c7c6N)ccc5c4O)ccc23)cc1. The highest BCUT2D eigenvalue weighted by atomic mass is 32.2. The molecule has 85 heavy (non-hydrogen) atoms. The third-order valence-corrected chi connectivity index (χ3v) is 18.6. The molecule has 0 unspecified atom stereocenters. The number of nitro benzene ring substituents is 1. The number of anilines is 1. The fourth-order valence-corrected chi connectivity index (χ4v) is 13.4. The molecule has 0 atom stereocenters. The Labute approximate surface area is 480 Å². The van der Waals surface area contributed by atoms with Gasteiger partial charge in [-0.2, -0.15) is 58.9 Å². The van der Waals surface area contributed by atoms with Crippen molar-refractivity contribution in [2.75, 3.05) is 5.73 Å². The average Bonchev–Trinajstić information content (AvgIpc) is 1.33. The maximum atomic E-state index is 13.2. The van der Waals surface area contributed by atoms with Crippen molar-refractivity contribution < 1.29 is 110 Å². The fraction of sp³-hybridized carbons (Fsp3) is 0.0233. The van der Waals surface area contributed by atoms with Gasteiger partial charge in [0, 0.05) is 33.7 Å². The van der Waals surface area contributed by atoms with Crippen LogP contribution in [-0.4, -0.2) is 110 Å². The van der Waals surface area contributed by atoms with Gasteiger partial charge in [-0.3, -0.25) is 42.0 Å². The Hall–Kier alpha value is -8.34. The van der Waals surface area contributed by atoms with Crippen molar-refractivity contribution in [2.45, 2.75) is 46.1 Å². The summed E-state index contributed by atoms with van der Waals surface area (Å²) in [5, 5.41) is 50.7. The number of nitrogens with two attached hydrogens (primary N) is 1. The van der Waals surface area contributed by atoms with Crippen LogP contribution in [0.15, 0.2) is 167 Å². The molecular formula is C43H31N8O26S8+. The van der Waals surface area contributed by atoms with Crippen molar-refractivity contribution in [3.63, 3.8) is 0 Å². The molecule has 0 aliphatic carbocycles.